The molecule has 0 saturated carbocycles. The van der Waals surface area contributed by atoms with Crippen molar-refractivity contribution in [3.63, 3.8) is 0 Å². The normalized spacial score (nSPS) is 16.1. The molecule has 1 aliphatic heterocycles. The minimum atomic E-state index is -0.198. The number of para-hydroxylation sites is 2. The van der Waals surface area contributed by atoms with E-state index in [1.807, 2.05) is 54.6 Å². The summed E-state index contributed by atoms with van der Waals surface area (Å²) in [6.07, 6.45) is 4.13. The quantitative estimate of drug-likeness (QED) is 0.180. The standard InChI is InChI=1S/C49H31N3O2/c1-3-11-30(12-4-1)32-19-20-34-28-36(22-21-33(34)27-32)48-50-47(31-13-5-2-6-14-31)51-49(52-48)46-37(25-26-43-45(46)40-16-8-10-18-42(40)53-43)35-23-24-39-38-15-7-9-17-41(38)54-44(39)29-35/h1-29,43,45H. The highest BCUT2D eigenvalue weighted by Gasteiger charge is 2.41. The van der Waals surface area contributed by atoms with Crippen LogP contribution in [0.4, 0.5) is 0 Å². The first-order valence-corrected chi connectivity index (χ1v) is 18.2. The minimum absolute atomic E-state index is 0.126. The van der Waals surface area contributed by atoms with E-state index in [-0.39, 0.29) is 12.0 Å². The predicted octanol–water partition coefficient (Wildman–Crippen LogP) is 12.0. The molecule has 5 nitrogen and oxygen atoms in total. The Labute approximate surface area is 311 Å². The summed E-state index contributed by atoms with van der Waals surface area (Å²) in [5.41, 5.74) is 10.1. The summed E-state index contributed by atoms with van der Waals surface area (Å²) in [6.45, 7) is 0. The Balaban J connectivity index is 1.13. The average molecular weight is 694 g/mol. The SMILES string of the molecule is C1=CC2Oc3ccccc3C2C(c2nc(-c3ccccc3)nc(-c3ccc4cc(-c5ccccc5)ccc4c3)n2)=C1c1ccc2c(c1)oc1ccccc12. The number of rotatable bonds is 5. The Morgan fingerprint density at radius 1 is 0.444 bits per heavy atom. The van der Waals surface area contributed by atoms with E-state index >= 15 is 0 Å². The maximum absolute atomic E-state index is 6.57. The van der Waals surface area contributed by atoms with Crippen LogP contribution in [-0.4, -0.2) is 21.1 Å². The number of ether oxygens (including phenoxy) is 1. The van der Waals surface area contributed by atoms with Gasteiger partial charge in [-0.15, -0.1) is 0 Å². The van der Waals surface area contributed by atoms with Gasteiger partial charge < -0.3 is 9.15 Å². The van der Waals surface area contributed by atoms with Crippen molar-refractivity contribution in [2.45, 2.75) is 12.0 Å². The molecule has 54 heavy (non-hydrogen) atoms. The molecule has 11 rings (SSSR count). The highest BCUT2D eigenvalue weighted by atomic mass is 16.5. The smallest absolute Gasteiger partial charge is 0.164 e. The molecule has 5 heteroatoms. The first-order chi connectivity index (χ1) is 26.7. The fraction of sp³-hybridized carbons (Fsp3) is 0.0408. The van der Waals surface area contributed by atoms with Gasteiger partial charge in [0.15, 0.2) is 17.5 Å². The number of hydrogen-bond acceptors (Lipinski definition) is 5. The van der Waals surface area contributed by atoms with Crippen molar-refractivity contribution < 1.29 is 9.15 Å². The molecule has 254 valence electrons. The molecule has 0 fully saturated rings. The molecule has 0 bridgehead atoms. The van der Waals surface area contributed by atoms with Crippen LogP contribution in [0.15, 0.2) is 180 Å². The van der Waals surface area contributed by atoms with E-state index in [0.717, 1.165) is 71.9 Å². The zero-order valence-corrected chi connectivity index (χ0v) is 29.1. The maximum atomic E-state index is 6.57. The van der Waals surface area contributed by atoms with Crippen LogP contribution in [0.2, 0.25) is 0 Å². The average Bonchev–Trinajstić information content (AvgIpc) is 3.81. The van der Waals surface area contributed by atoms with Gasteiger partial charge in [0.2, 0.25) is 0 Å². The fourth-order valence-corrected chi connectivity index (χ4v) is 8.10. The summed E-state index contributed by atoms with van der Waals surface area (Å²) in [5.74, 6) is 2.61. The monoisotopic (exact) mass is 693 g/mol. The lowest BCUT2D eigenvalue weighted by Crippen LogP contribution is -2.22. The Kier molecular flexibility index (Phi) is 6.92. The van der Waals surface area contributed by atoms with Crippen molar-refractivity contribution in [3.8, 4) is 39.7 Å². The number of fused-ring (bicyclic) bond motifs is 7. The zero-order chi connectivity index (χ0) is 35.6. The van der Waals surface area contributed by atoms with Gasteiger partial charge >= 0.3 is 0 Å². The van der Waals surface area contributed by atoms with Crippen LogP contribution in [-0.2, 0) is 0 Å². The lowest BCUT2D eigenvalue weighted by molar-refractivity contribution is 0.271. The molecule has 1 aliphatic carbocycles. The minimum Gasteiger partial charge on any atom is -0.485 e. The number of hydrogen-bond donors (Lipinski definition) is 0. The Hall–Kier alpha value is -7.11. The molecule has 2 aromatic heterocycles. The molecule has 0 radical (unpaired) electrons. The summed E-state index contributed by atoms with van der Waals surface area (Å²) in [7, 11) is 0. The summed E-state index contributed by atoms with van der Waals surface area (Å²) in [5, 5.41) is 4.47. The Morgan fingerprint density at radius 3 is 1.91 bits per heavy atom. The third-order valence-electron chi connectivity index (χ3n) is 10.7. The van der Waals surface area contributed by atoms with Gasteiger partial charge in [0.25, 0.3) is 0 Å². The Bertz CT molecular complexity index is 2980. The topological polar surface area (TPSA) is 61.0 Å². The molecule has 9 aromatic rings. The van der Waals surface area contributed by atoms with Gasteiger partial charge in [-0.3, -0.25) is 0 Å². The predicted molar refractivity (Wildman–Crippen MR) is 217 cm³/mol. The third kappa shape index (κ3) is 5.05. The highest BCUT2D eigenvalue weighted by Crippen LogP contribution is 2.51. The number of nitrogens with zero attached hydrogens (tertiary/aromatic N) is 3. The van der Waals surface area contributed by atoms with Crippen LogP contribution in [0.5, 0.6) is 5.75 Å². The fourth-order valence-electron chi connectivity index (χ4n) is 8.10. The van der Waals surface area contributed by atoms with Gasteiger partial charge in [0.1, 0.15) is 23.0 Å². The molecule has 7 aromatic carbocycles. The van der Waals surface area contributed by atoms with E-state index in [0.29, 0.717) is 17.5 Å². The number of benzene rings is 7. The summed E-state index contributed by atoms with van der Waals surface area (Å²) in [6, 6.07) is 56.7. The molecule has 0 saturated heterocycles. The molecular weight excluding hydrogens is 663 g/mol. The molecule has 2 atom stereocenters. The van der Waals surface area contributed by atoms with Crippen molar-refractivity contribution >= 4 is 43.9 Å². The maximum Gasteiger partial charge on any atom is 0.164 e. The zero-order valence-electron chi connectivity index (χ0n) is 29.1. The van der Waals surface area contributed by atoms with Crippen molar-refractivity contribution in [1.29, 1.82) is 0 Å². The number of aromatic nitrogens is 3. The number of furan rings is 1. The molecule has 3 heterocycles. The first kappa shape index (κ1) is 30.5. The van der Waals surface area contributed by atoms with Crippen molar-refractivity contribution in [2.24, 2.45) is 0 Å². The van der Waals surface area contributed by atoms with Gasteiger partial charge in [0.05, 0.1) is 5.92 Å². The highest BCUT2D eigenvalue weighted by molar-refractivity contribution is 6.07. The third-order valence-corrected chi connectivity index (χ3v) is 10.7. The molecule has 0 amide bonds. The van der Waals surface area contributed by atoms with Gasteiger partial charge in [-0.25, -0.2) is 15.0 Å². The lowest BCUT2D eigenvalue weighted by Gasteiger charge is -2.26. The number of allylic oxidation sites excluding steroid dienone is 2. The summed E-state index contributed by atoms with van der Waals surface area (Å²) < 4.78 is 12.9. The second-order valence-electron chi connectivity index (χ2n) is 13.9. The molecule has 2 unspecified atom stereocenters. The van der Waals surface area contributed by atoms with Crippen molar-refractivity contribution in [2.75, 3.05) is 0 Å². The molecule has 0 N–H and O–H groups in total. The van der Waals surface area contributed by atoms with E-state index in [1.165, 1.54) is 11.1 Å². The van der Waals surface area contributed by atoms with Gasteiger partial charge in [0, 0.05) is 33.0 Å². The van der Waals surface area contributed by atoms with E-state index in [2.05, 4.69) is 121 Å². The first-order valence-electron chi connectivity index (χ1n) is 18.2. The van der Waals surface area contributed by atoms with E-state index in [9.17, 15) is 0 Å². The summed E-state index contributed by atoms with van der Waals surface area (Å²) >= 11 is 0. The summed E-state index contributed by atoms with van der Waals surface area (Å²) in [4.78, 5) is 15.7. The van der Waals surface area contributed by atoms with Crippen molar-refractivity contribution in [3.05, 3.63) is 193 Å². The molecule has 2 aliphatic rings. The Morgan fingerprint density at radius 2 is 1.07 bits per heavy atom. The van der Waals surface area contributed by atoms with Crippen LogP contribution in [0.3, 0.4) is 0 Å². The van der Waals surface area contributed by atoms with Crippen LogP contribution in [0.1, 0.15) is 22.9 Å². The molecular formula is C49H31N3O2. The lowest BCUT2D eigenvalue weighted by atomic mass is 9.79. The van der Waals surface area contributed by atoms with E-state index in [4.69, 9.17) is 24.1 Å². The molecule has 0 spiro atoms. The van der Waals surface area contributed by atoms with E-state index in [1.54, 1.807) is 0 Å². The van der Waals surface area contributed by atoms with Gasteiger partial charge in [-0.05, 0) is 75.5 Å². The van der Waals surface area contributed by atoms with Crippen LogP contribution in [0.25, 0.3) is 77.8 Å². The largest absolute Gasteiger partial charge is 0.485 e. The second-order valence-corrected chi connectivity index (χ2v) is 13.9. The van der Waals surface area contributed by atoms with Gasteiger partial charge in [-0.1, -0.05) is 133 Å². The van der Waals surface area contributed by atoms with Crippen molar-refractivity contribution in [1.82, 2.24) is 15.0 Å². The van der Waals surface area contributed by atoms with E-state index < -0.39 is 0 Å². The van der Waals surface area contributed by atoms with Gasteiger partial charge in [-0.2, -0.15) is 0 Å². The van der Waals surface area contributed by atoms with Crippen LogP contribution >= 0.6 is 0 Å². The second kappa shape index (κ2) is 12.2. The van der Waals surface area contributed by atoms with Crippen LogP contribution in [0, 0.1) is 0 Å². The van der Waals surface area contributed by atoms with Crippen LogP contribution < -0.4 is 4.74 Å².